The largest absolute Gasteiger partial charge is 0.232 e. The summed E-state index contributed by atoms with van der Waals surface area (Å²) in [6.07, 6.45) is -0.0718. The minimum atomic E-state index is -3.60. The van der Waals surface area contributed by atoms with Crippen molar-refractivity contribution >= 4 is 39.5 Å². The van der Waals surface area contributed by atoms with Crippen molar-refractivity contribution in [2.24, 2.45) is 0 Å². The zero-order chi connectivity index (χ0) is 9.12. The number of rotatable bonds is 4. The van der Waals surface area contributed by atoms with E-state index in [1.54, 1.807) is 0 Å². The van der Waals surface area contributed by atoms with E-state index in [4.69, 9.17) is 21.4 Å². The Bertz CT molecular complexity index is 270. The fourth-order valence-electron chi connectivity index (χ4n) is 0.404. The second-order valence-corrected chi connectivity index (χ2v) is 7.63. The molecule has 0 aromatic heterocycles. The summed E-state index contributed by atoms with van der Waals surface area (Å²) < 4.78 is 41.0. The van der Waals surface area contributed by atoms with Crippen LogP contribution in [0.5, 0.6) is 0 Å². The van der Waals surface area contributed by atoms with E-state index < -0.39 is 18.1 Å². The van der Waals surface area contributed by atoms with Crippen LogP contribution in [0, 0.1) is 0 Å². The van der Waals surface area contributed by atoms with Crippen LogP contribution < -0.4 is 0 Å². The van der Waals surface area contributed by atoms with E-state index in [1.165, 1.54) is 0 Å². The van der Waals surface area contributed by atoms with E-state index in [0.717, 1.165) is 0 Å². The van der Waals surface area contributed by atoms with E-state index >= 15 is 0 Å². The molecule has 0 N–H and O–H groups in total. The molecule has 8 heteroatoms. The molecule has 0 heterocycles. The van der Waals surface area contributed by atoms with Crippen LogP contribution in [-0.4, -0.2) is 28.3 Å². The molecule has 0 amide bonds. The van der Waals surface area contributed by atoms with Gasteiger partial charge in [0.25, 0.3) is 0 Å². The maximum atomic E-state index is 10.2. The van der Waals surface area contributed by atoms with Gasteiger partial charge in [-0.2, -0.15) is 0 Å². The summed E-state index contributed by atoms with van der Waals surface area (Å²) in [5, 5.41) is 0. The fraction of sp³-hybridized carbons (Fsp3) is 1.00. The highest BCUT2D eigenvalue weighted by Gasteiger charge is 2.09. The lowest BCUT2D eigenvalue weighted by Gasteiger charge is -1.93. The Hall–Kier alpha value is 0.480. The maximum absolute atomic E-state index is 10.2. The summed E-state index contributed by atoms with van der Waals surface area (Å²) in [6, 6.07) is 0. The summed E-state index contributed by atoms with van der Waals surface area (Å²) in [7, 11) is 2.40. The first-order valence-electron chi connectivity index (χ1n) is 2.55. The number of hydrogen-bond acceptors (Lipinski definition) is 4. The van der Waals surface area contributed by atoms with Gasteiger partial charge in [0, 0.05) is 21.4 Å². The van der Waals surface area contributed by atoms with Crippen molar-refractivity contribution in [3.8, 4) is 0 Å². The van der Waals surface area contributed by atoms with Crippen molar-refractivity contribution in [3.63, 3.8) is 0 Å². The fourth-order valence-corrected chi connectivity index (χ4v) is 2.22. The highest BCUT2D eigenvalue weighted by molar-refractivity contribution is 8.14. The smallest absolute Gasteiger partial charge is 0.212 e. The normalized spacial score (nSPS) is 13.3. The van der Waals surface area contributed by atoms with Gasteiger partial charge in [0.15, 0.2) is 0 Å². The van der Waals surface area contributed by atoms with Gasteiger partial charge in [-0.25, -0.2) is 16.8 Å². The van der Waals surface area contributed by atoms with Crippen LogP contribution in [0.2, 0.25) is 0 Å². The van der Waals surface area contributed by atoms with Crippen molar-refractivity contribution < 1.29 is 16.8 Å². The van der Waals surface area contributed by atoms with Crippen LogP contribution in [0.3, 0.4) is 0 Å². The molecule has 0 unspecified atom stereocenters. The van der Waals surface area contributed by atoms with Crippen molar-refractivity contribution in [3.05, 3.63) is 0 Å². The third-order valence-corrected chi connectivity index (χ3v) is 3.25. The molecule has 0 aliphatic heterocycles. The van der Waals surface area contributed by atoms with E-state index in [0.29, 0.717) is 0 Å². The highest BCUT2D eigenvalue weighted by Crippen LogP contribution is 2.03. The average molecular weight is 241 g/mol. The lowest BCUT2D eigenvalue weighted by atomic mass is 10.6. The van der Waals surface area contributed by atoms with Crippen LogP contribution in [0.15, 0.2) is 0 Å². The van der Waals surface area contributed by atoms with Gasteiger partial charge in [-0.15, -0.1) is 0 Å². The molecule has 0 fully saturated rings. The minimum Gasteiger partial charge on any atom is -0.212 e. The Morgan fingerprint density at radius 1 is 0.818 bits per heavy atom. The lowest BCUT2D eigenvalue weighted by molar-refractivity contribution is 0.604. The average Bonchev–Trinajstić information content (AvgIpc) is 1.55. The second-order valence-electron chi connectivity index (χ2n) is 1.84. The monoisotopic (exact) mass is 240 g/mol. The van der Waals surface area contributed by atoms with Crippen LogP contribution in [0.1, 0.15) is 6.42 Å². The molecule has 0 spiro atoms. The molecule has 0 aliphatic rings. The van der Waals surface area contributed by atoms with E-state index in [9.17, 15) is 16.8 Å². The minimum absolute atomic E-state index is 0.0718. The van der Waals surface area contributed by atoms with Gasteiger partial charge < -0.3 is 0 Å². The van der Waals surface area contributed by atoms with Crippen LogP contribution in [0.25, 0.3) is 0 Å². The molecule has 0 bridgehead atoms. The van der Waals surface area contributed by atoms with Crippen LogP contribution >= 0.6 is 21.4 Å². The van der Waals surface area contributed by atoms with Crippen molar-refractivity contribution in [2.75, 3.05) is 11.5 Å². The first-order valence-corrected chi connectivity index (χ1v) is 7.51. The second kappa shape index (κ2) is 3.93. The third-order valence-electron chi connectivity index (χ3n) is 0.776. The maximum Gasteiger partial charge on any atom is 0.232 e. The topological polar surface area (TPSA) is 68.3 Å². The molecule has 68 valence electrons. The predicted octanol–water partition coefficient (Wildman–Crippen LogP) is 0.514. The van der Waals surface area contributed by atoms with Gasteiger partial charge in [-0.3, -0.25) is 0 Å². The Morgan fingerprint density at radius 3 is 1.27 bits per heavy atom. The van der Waals surface area contributed by atoms with Crippen molar-refractivity contribution in [1.82, 2.24) is 0 Å². The molecule has 0 aromatic carbocycles. The Labute approximate surface area is 74.3 Å². The Balaban J connectivity index is 3.79. The molecule has 0 aliphatic carbocycles. The van der Waals surface area contributed by atoms with Gasteiger partial charge in [0.1, 0.15) is 0 Å². The van der Waals surface area contributed by atoms with Gasteiger partial charge >= 0.3 is 0 Å². The molecule has 4 nitrogen and oxygen atoms in total. The van der Waals surface area contributed by atoms with Gasteiger partial charge in [0.2, 0.25) is 18.1 Å². The molecular formula is C3H6Cl2O4S2. The molecule has 0 aromatic rings. The number of hydrogen-bond donors (Lipinski definition) is 0. The molecule has 0 saturated carbocycles. The predicted molar refractivity (Wildman–Crippen MR) is 43.9 cm³/mol. The summed E-state index contributed by atoms with van der Waals surface area (Å²) in [4.78, 5) is 0. The zero-order valence-corrected chi connectivity index (χ0v) is 8.47. The summed E-state index contributed by atoms with van der Waals surface area (Å²) in [5.41, 5.74) is 0. The SMILES string of the molecule is O=S(=O)(Cl)CCCS(=O)(=O)Cl. The lowest BCUT2D eigenvalue weighted by Crippen LogP contribution is -2.04. The molecule has 0 atom stereocenters. The van der Waals surface area contributed by atoms with Crippen molar-refractivity contribution in [1.29, 1.82) is 0 Å². The van der Waals surface area contributed by atoms with Crippen LogP contribution in [-0.2, 0) is 18.1 Å². The van der Waals surface area contributed by atoms with E-state index in [-0.39, 0.29) is 17.9 Å². The first kappa shape index (κ1) is 11.5. The third kappa shape index (κ3) is 10.5. The standard InChI is InChI=1S/C3H6Cl2O4S2/c4-10(6,7)2-1-3-11(5,8)9/h1-3H2. The number of halogens is 2. The molecular weight excluding hydrogens is 235 g/mol. The quantitative estimate of drug-likeness (QED) is 0.672. The van der Waals surface area contributed by atoms with Gasteiger partial charge in [-0.1, -0.05) is 0 Å². The van der Waals surface area contributed by atoms with Gasteiger partial charge in [0.05, 0.1) is 11.5 Å². The zero-order valence-electron chi connectivity index (χ0n) is 5.33. The molecule has 0 rings (SSSR count). The Morgan fingerprint density at radius 2 is 1.09 bits per heavy atom. The first-order chi connectivity index (χ1) is 4.71. The Kier molecular flexibility index (Phi) is 4.10. The highest BCUT2D eigenvalue weighted by atomic mass is 35.7. The van der Waals surface area contributed by atoms with E-state index in [1.807, 2.05) is 0 Å². The van der Waals surface area contributed by atoms with Crippen molar-refractivity contribution in [2.45, 2.75) is 6.42 Å². The summed E-state index contributed by atoms with van der Waals surface area (Å²) in [5.74, 6) is -0.749. The molecule has 0 saturated heterocycles. The summed E-state index contributed by atoms with van der Waals surface area (Å²) >= 11 is 0. The van der Waals surface area contributed by atoms with Crippen LogP contribution in [0.4, 0.5) is 0 Å². The molecule has 0 radical (unpaired) electrons. The molecule has 11 heavy (non-hydrogen) atoms. The summed E-state index contributed by atoms with van der Waals surface area (Å²) in [6.45, 7) is 0. The van der Waals surface area contributed by atoms with Gasteiger partial charge in [-0.05, 0) is 6.42 Å². The van der Waals surface area contributed by atoms with E-state index in [2.05, 4.69) is 0 Å².